The minimum atomic E-state index is -0.455. The number of hydrogen-bond donors (Lipinski definition) is 1. The Kier molecular flexibility index (Phi) is 4.04. The summed E-state index contributed by atoms with van der Waals surface area (Å²) in [5.41, 5.74) is 0.814. The van der Waals surface area contributed by atoms with Crippen molar-refractivity contribution in [2.75, 3.05) is 13.2 Å². The first kappa shape index (κ1) is 11.5. The van der Waals surface area contributed by atoms with Gasteiger partial charge in [-0.1, -0.05) is 5.16 Å². The number of halogens is 1. The van der Waals surface area contributed by atoms with Gasteiger partial charge in [-0.3, -0.25) is 0 Å². The number of ether oxygens (including phenoxy) is 1. The lowest BCUT2D eigenvalue weighted by Gasteiger charge is -2.05. The molecule has 2 aromatic heterocycles. The Bertz CT molecular complexity index is 448. The molecule has 2 aromatic rings. The predicted molar refractivity (Wildman–Crippen MR) is 57.9 cm³/mol. The topological polar surface area (TPSA) is 60.2 Å². The third kappa shape index (κ3) is 3.53. The van der Waals surface area contributed by atoms with Gasteiger partial charge < -0.3 is 14.6 Å². The predicted octanol–water partition coefficient (Wildman–Crippen LogP) is 1.38. The van der Waals surface area contributed by atoms with Gasteiger partial charge in [0.25, 0.3) is 0 Å². The molecule has 2 rings (SSSR count). The highest BCUT2D eigenvalue weighted by Crippen LogP contribution is 2.10. The quantitative estimate of drug-likeness (QED) is 0.769. The molecular formula is C11H12FN3O2. The molecule has 0 spiro atoms. The van der Waals surface area contributed by atoms with E-state index in [-0.39, 0.29) is 5.88 Å². The Hall–Kier alpha value is -1.95. The van der Waals surface area contributed by atoms with E-state index in [1.807, 2.05) is 0 Å². The Morgan fingerprint density at radius 3 is 3.12 bits per heavy atom. The molecule has 90 valence electrons. The standard InChI is InChI=1S/C11H12FN3O2/c12-10-2-1-4-14-11(10)16-7-5-13-8-9-3-6-17-15-9/h1-4,6,13H,5,7-8H2. The van der Waals surface area contributed by atoms with Crippen LogP contribution in [0.5, 0.6) is 5.88 Å². The number of nitrogens with zero attached hydrogens (tertiary/aromatic N) is 2. The number of aromatic nitrogens is 2. The van der Waals surface area contributed by atoms with E-state index in [2.05, 4.69) is 20.0 Å². The van der Waals surface area contributed by atoms with Crippen molar-refractivity contribution < 1.29 is 13.7 Å². The summed E-state index contributed by atoms with van der Waals surface area (Å²) in [4.78, 5) is 3.77. The van der Waals surface area contributed by atoms with Crippen molar-refractivity contribution >= 4 is 0 Å². The van der Waals surface area contributed by atoms with Crippen LogP contribution in [-0.2, 0) is 6.54 Å². The SMILES string of the molecule is Fc1cccnc1OCCNCc1ccon1. The Morgan fingerprint density at radius 1 is 1.41 bits per heavy atom. The molecular weight excluding hydrogens is 225 g/mol. The number of pyridine rings is 1. The summed E-state index contributed by atoms with van der Waals surface area (Å²) in [7, 11) is 0. The molecule has 0 aliphatic heterocycles. The van der Waals surface area contributed by atoms with Gasteiger partial charge in [-0.25, -0.2) is 9.37 Å². The van der Waals surface area contributed by atoms with Crippen molar-refractivity contribution in [2.45, 2.75) is 6.54 Å². The van der Waals surface area contributed by atoms with Gasteiger partial charge in [-0.15, -0.1) is 0 Å². The van der Waals surface area contributed by atoms with Crippen LogP contribution in [0.25, 0.3) is 0 Å². The molecule has 0 aliphatic rings. The van der Waals surface area contributed by atoms with Gasteiger partial charge in [0, 0.05) is 25.4 Å². The first-order valence-electron chi connectivity index (χ1n) is 5.19. The van der Waals surface area contributed by atoms with Crippen LogP contribution in [0.1, 0.15) is 5.69 Å². The molecule has 0 aliphatic carbocycles. The van der Waals surface area contributed by atoms with E-state index in [9.17, 15) is 4.39 Å². The van der Waals surface area contributed by atoms with Crippen molar-refractivity contribution in [2.24, 2.45) is 0 Å². The summed E-state index contributed by atoms with van der Waals surface area (Å²) in [6.07, 6.45) is 3.00. The van der Waals surface area contributed by atoms with Gasteiger partial charge in [0.05, 0.1) is 5.69 Å². The largest absolute Gasteiger partial charge is 0.474 e. The fourth-order valence-corrected chi connectivity index (χ4v) is 1.24. The van der Waals surface area contributed by atoms with Gasteiger partial charge >= 0.3 is 0 Å². The van der Waals surface area contributed by atoms with E-state index in [1.54, 1.807) is 6.07 Å². The summed E-state index contributed by atoms with van der Waals surface area (Å²) >= 11 is 0. The summed E-state index contributed by atoms with van der Waals surface area (Å²) in [5.74, 6) is -0.431. The van der Waals surface area contributed by atoms with Gasteiger partial charge in [0.1, 0.15) is 12.9 Å². The zero-order valence-electron chi connectivity index (χ0n) is 9.10. The molecule has 0 saturated carbocycles. The maximum atomic E-state index is 13.1. The molecule has 0 unspecified atom stereocenters. The van der Waals surface area contributed by atoms with Gasteiger partial charge in [-0.05, 0) is 12.1 Å². The van der Waals surface area contributed by atoms with Crippen molar-refractivity contribution in [3.8, 4) is 5.88 Å². The molecule has 0 fully saturated rings. The van der Waals surface area contributed by atoms with Crippen molar-refractivity contribution in [1.29, 1.82) is 0 Å². The monoisotopic (exact) mass is 237 g/mol. The lowest BCUT2D eigenvalue weighted by atomic mass is 10.4. The average molecular weight is 237 g/mol. The number of rotatable bonds is 6. The highest BCUT2D eigenvalue weighted by atomic mass is 19.1. The summed E-state index contributed by atoms with van der Waals surface area (Å²) in [6.45, 7) is 1.50. The molecule has 0 amide bonds. The molecule has 6 heteroatoms. The second-order valence-electron chi connectivity index (χ2n) is 3.31. The maximum Gasteiger partial charge on any atom is 0.250 e. The highest BCUT2D eigenvalue weighted by molar-refractivity contribution is 5.12. The van der Waals surface area contributed by atoms with Crippen molar-refractivity contribution in [1.82, 2.24) is 15.5 Å². The second kappa shape index (κ2) is 5.95. The van der Waals surface area contributed by atoms with Crippen LogP contribution in [0.2, 0.25) is 0 Å². The molecule has 17 heavy (non-hydrogen) atoms. The average Bonchev–Trinajstić information content (AvgIpc) is 2.84. The van der Waals surface area contributed by atoms with Crippen LogP contribution in [-0.4, -0.2) is 23.3 Å². The summed E-state index contributed by atoms with van der Waals surface area (Å²) < 4.78 is 22.9. The lowest BCUT2D eigenvalue weighted by molar-refractivity contribution is 0.285. The highest BCUT2D eigenvalue weighted by Gasteiger charge is 2.02. The zero-order valence-corrected chi connectivity index (χ0v) is 9.10. The minimum Gasteiger partial charge on any atom is -0.474 e. The summed E-state index contributed by atoms with van der Waals surface area (Å²) in [5, 5.41) is 6.82. The van der Waals surface area contributed by atoms with Crippen molar-refractivity contribution in [3.05, 3.63) is 42.2 Å². The van der Waals surface area contributed by atoms with E-state index in [0.29, 0.717) is 19.7 Å². The Balaban J connectivity index is 1.65. The fraction of sp³-hybridized carbons (Fsp3) is 0.273. The van der Waals surface area contributed by atoms with Gasteiger partial charge in [-0.2, -0.15) is 0 Å². The Morgan fingerprint density at radius 2 is 2.35 bits per heavy atom. The molecule has 0 aromatic carbocycles. The fourth-order valence-electron chi connectivity index (χ4n) is 1.24. The van der Waals surface area contributed by atoms with E-state index >= 15 is 0 Å². The first-order chi connectivity index (χ1) is 8.36. The van der Waals surface area contributed by atoms with E-state index in [1.165, 1.54) is 24.6 Å². The zero-order chi connectivity index (χ0) is 11.9. The molecule has 0 bridgehead atoms. The van der Waals surface area contributed by atoms with Crippen LogP contribution >= 0.6 is 0 Å². The first-order valence-corrected chi connectivity index (χ1v) is 5.19. The van der Waals surface area contributed by atoms with Crippen LogP contribution in [0.15, 0.2) is 35.2 Å². The molecule has 0 radical (unpaired) electrons. The lowest BCUT2D eigenvalue weighted by Crippen LogP contribution is -2.21. The second-order valence-corrected chi connectivity index (χ2v) is 3.31. The smallest absolute Gasteiger partial charge is 0.250 e. The molecule has 0 atom stereocenters. The van der Waals surface area contributed by atoms with Crippen LogP contribution in [0.3, 0.4) is 0 Å². The van der Waals surface area contributed by atoms with E-state index in [4.69, 9.17) is 4.74 Å². The number of nitrogens with one attached hydrogen (secondary N) is 1. The third-order valence-corrected chi connectivity index (χ3v) is 2.04. The normalized spacial score (nSPS) is 10.4. The molecule has 1 N–H and O–H groups in total. The van der Waals surface area contributed by atoms with E-state index in [0.717, 1.165) is 5.69 Å². The minimum absolute atomic E-state index is 0.0238. The number of hydrogen-bond acceptors (Lipinski definition) is 5. The van der Waals surface area contributed by atoms with Crippen LogP contribution in [0, 0.1) is 5.82 Å². The van der Waals surface area contributed by atoms with E-state index < -0.39 is 5.82 Å². The van der Waals surface area contributed by atoms with Crippen LogP contribution in [0.4, 0.5) is 4.39 Å². The summed E-state index contributed by atoms with van der Waals surface area (Å²) in [6, 6.07) is 4.60. The maximum absolute atomic E-state index is 13.1. The molecule has 5 nitrogen and oxygen atoms in total. The van der Waals surface area contributed by atoms with Gasteiger partial charge in [0.15, 0.2) is 5.82 Å². The Labute approximate surface area is 97.6 Å². The van der Waals surface area contributed by atoms with Crippen molar-refractivity contribution in [3.63, 3.8) is 0 Å². The molecule has 0 saturated heterocycles. The van der Waals surface area contributed by atoms with Crippen LogP contribution < -0.4 is 10.1 Å². The molecule has 2 heterocycles. The third-order valence-electron chi connectivity index (χ3n) is 2.04. The van der Waals surface area contributed by atoms with Gasteiger partial charge in [0.2, 0.25) is 5.88 Å².